The number of thiophene rings is 1. The first-order valence-corrected chi connectivity index (χ1v) is 7.63. The van der Waals surface area contributed by atoms with Gasteiger partial charge < -0.3 is 15.1 Å². The summed E-state index contributed by atoms with van der Waals surface area (Å²) in [5.74, 6) is -0.962. The van der Waals surface area contributed by atoms with Gasteiger partial charge in [-0.05, 0) is 18.4 Å². The Balaban J connectivity index is 1.85. The van der Waals surface area contributed by atoms with Gasteiger partial charge in [-0.3, -0.25) is 9.59 Å². The fraction of sp³-hybridized carbons (Fsp3) is 0.385. The summed E-state index contributed by atoms with van der Waals surface area (Å²) in [6, 6.07) is 3.62. The number of carbonyl (C=O) groups is 2. The third kappa shape index (κ3) is 4.29. The van der Waals surface area contributed by atoms with Crippen LogP contribution < -0.4 is 16.4 Å². The minimum Gasteiger partial charge on any atom is -0.387 e. The molecule has 0 aliphatic carbocycles. The normalized spacial score (nSPS) is 10.4. The number of hydrogen-bond acceptors (Lipinski definition) is 6. The first-order chi connectivity index (χ1) is 10.6. The quantitative estimate of drug-likeness (QED) is 0.757. The van der Waals surface area contributed by atoms with Gasteiger partial charge in [0.05, 0.1) is 18.0 Å². The van der Waals surface area contributed by atoms with Gasteiger partial charge in [0, 0.05) is 13.0 Å². The second kappa shape index (κ2) is 7.55. The van der Waals surface area contributed by atoms with Gasteiger partial charge in [0.2, 0.25) is 11.8 Å². The number of amides is 2. The Morgan fingerprint density at radius 2 is 2.18 bits per heavy atom. The lowest BCUT2D eigenvalue weighted by Crippen LogP contribution is -2.37. The second-order valence-corrected chi connectivity index (χ2v) is 5.30. The van der Waals surface area contributed by atoms with Crippen molar-refractivity contribution in [2.45, 2.75) is 19.9 Å². The molecule has 2 aromatic heterocycles. The molecule has 0 fully saturated rings. The Labute approximate surface area is 130 Å². The third-order valence-corrected chi connectivity index (χ3v) is 3.57. The van der Waals surface area contributed by atoms with Gasteiger partial charge in [0.25, 0.3) is 5.89 Å². The maximum absolute atomic E-state index is 11.6. The predicted octanol–water partition coefficient (Wildman–Crippen LogP) is 0.207. The van der Waals surface area contributed by atoms with Crippen LogP contribution in [0.25, 0.3) is 10.8 Å². The summed E-state index contributed by atoms with van der Waals surface area (Å²) in [4.78, 5) is 35.2. The summed E-state index contributed by atoms with van der Waals surface area (Å²) < 4.78 is 6.13. The highest BCUT2D eigenvalue weighted by Crippen LogP contribution is 2.20. The average molecular weight is 324 g/mol. The van der Waals surface area contributed by atoms with E-state index in [9.17, 15) is 14.4 Å². The molecule has 0 aromatic carbocycles. The first kappa shape index (κ1) is 16.0. The Hall–Kier alpha value is -2.42. The third-order valence-electron chi connectivity index (χ3n) is 2.71. The van der Waals surface area contributed by atoms with Crippen LogP contribution in [0.15, 0.2) is 26.7 Å². The molecule has 8 nitrogen and oxygen atoms in total. The van der Waals surface area contributed by atoms with Crippen molar-refractivity contribution in [3.63, 3.8) is 0 Å². The van der Waals surface area contributed by atoms with E-state index in [-0.39, 0.29) is 37.2 Å². The van der Waals surface area contributed by atoms with Crippen LogP contribution in [-0.4, -0.2) is 34.7 Å². The van der Waals surface area contributed by atoms with Gasteiger partial charge in [-0.1, -0.05) is 6.07 Å². The van der Waals surface area contributed by atoms with Gasteiger partial charge in [-0.15, -0.1) is 16.4 Å². The molecule has 0 saturated heterocycles. The molecule has 2 heterocycles. The van der Waals surface area contributed by atoms with Crippen LogP contribution in [0.4, 0.5) is 0 Å². The van der Waals surface area contributed by atoms with Gasteiger partial charge in [0.15, 0.2) is 0 Å². The van der Waals surface area contributed by atoms with Crippen molar-refractivity contribution in [3.8, 4) is 10.8 Å². The second-order valence-electron chi connectivity index (χ2n) is 4.35. The summed E-state index contributed by atoms with van der Waals surface area (Å²) in [5.41, 5.74) is 0. The summed E-state index contributed by atoms with van der Waals surface area (Å²) in [7, 11) is 0. The molecule has 2 aromatic rings. The molecule has 2 N–H and O–H groups in total. The molecule has 0 aliphatic heterocycles. The van der Waals surface area contributed by atoms with Crippen LogP contribution in [0.1, 0.15) is 13.3 Å². The SMILES string of the molecule is CCNC(=O)CNC(=O)CCn1nc(-c2cccs2)oc1=O. The lowest BCUT2D eigenvalue weighted by atomic mass is 10.4. The number of rotatable bonds is 7. The number of likely N-dealkylation sites (N-methyl/N-ethyl adjacent to an activating group) is 1. The number of nitrogens with one attached hydrogen (secondary N) is 2. The molecule has 0 atom stereocenters. The van der Waals surface area contributed by atoms with E-state index < -0.39 is 5.76 Å². The molecule has 0 spiro atoms. The predicted molar refractivity (Wildman–Crippen MR) is 80.4 cm³/mol. The molecule has 2 rings (SSSR count). The van der Waals surface area contributed by atoms with Gasteiger partial charge in [-0.25, -0.2) is 4.79 Å². The highest BCUT2D eigenvalue weighted by Gasteiger charge is 2.12. The molecule has 0 saturated carbocycles. The van der Waals surface area contributed by atoms with E-state index in [0.717, 1.165) is 9.56 Å². The van der Waals surface area contributed by atoms with Crippen LogP contribution >= 0.6 is 11.3 Å². The lowest BCUT2D eigenvalue weighted by Gasteiger charge is -2.04. The smallest absolute Gasteiger partial charge is 0.387 e. The highest BCUT2D eigenvalue weighted by atomic mass is 32.1. The largest absolute Gasteiger partial charge is 0.437 e. The number of nitrogens with zero attached hydrogens (tertiary/aromatic N) is 2. The maximum atomic E-state index is 11.6. The fourth-order valence-electron chi connectivity index (χ4n) is 1.68. The summed E-state index contributed by atoms with van der Waals surface area (Å²) >= 11 is 1.41. The van der Waals surface area contributed by atoms with Gasteiger partial charge >= 0.3 is 5.76 Å². The molecule has 9 heteroatoms. The Kier molecular flexibility index (Phi) is 5.48. The monoisotopic (exact) mass is 324 g/mol. The van der Waals surface area contributed by atoms with Crippen molar-refractivity contribution in [1.29, 1.82) is 0 Å². The van der Waals surface area contributed by atoms with E-state index in [1.165, 1.54) is 11.3 Å². The first-order valence-electron chi connectivity index (χ1n) is 6.75. The number of hydrogen-bond donors (Lipinski definition) is 2. The Morgan fingerprint density at radius 1 is 1.36 bits per heavy atom. The average Bonchev–Trinajstić information content (AvgIpc) is 3.13. The van der Waals surface area contributed by atoms with Crippen molar-refractivity contribution in [1.82, 2.24) is 20.4 Å². The minimum atomic E-state index is -0.611. The van der Waals surface area contributed by atoms with E-state index in [0.29, 0.717) is 6.54 Å². The minimum absolute atomic E-state index is 0.0374. The number of aryl methyl sites for hydroxylation is 1. The molecule has 0 radical (unpaired) electrons. The van der Waals surface area contributed by atoms with Crippen LogP contribution in [0.2, 0.25) is 0 Å². The summed E-state index contributed by atoms with van der Waals surface area (Å²) in [6.07, 6.45) is 0.0374. The zero-order valence-corrected chi connectivity index (χ0v) is 12.8. The van der Waals surface area contributed by atoms with Crippen molar-refractivity contribution in [2.24, 2.45) is 0 Å². The molecule has 0 aliphatic rings. The van der Waals surface area contributed by atoms with E-state index in [2.05, 4.69) is 15.7 Å². The van der Waals surface area contributed by atoms with E-state index in [1.54, 1.807) is 13.0 Å². The van der Waals surface area contributed by atoms with Crippen molar-refractivity contribution in [3.05, 3.63) is 28.1 Å². The molecule has 118 valence electrons. The van der Waals surface area contributed by atoms with E-state index >= 15 is 0 Å². The van der Waals surface area contributed by atoms with Crippen molar-refractivity contribution >= 4 is 23.2 Å². The maximum Gasteiger partial charge on any atom is 0.437 e. The summed E-state index contributed by atoms with van der Waals surface area (Å²) in [5, 5.41) is 10.9. The van der Waals surface area contributed by atoms with E-state index in [1.807, 2.05) is 11.4 Å². The molecular formula is C13H16N4O4S. The van der Waals surface area contributed by atoms with E-state index in [4.69, 9.17) is 4.42 Å². The highest BCUT2D eigenvalue weighted by molar-refractivity contribution is 7.13. The topological polar surface area (TPSA) is 106 Å². The van der Waals surface area contributed by atoms with Crippen molar-refractivity contribution in [2.75, 3.05) is 13.1 Å². The van der Waals surface area contributed by atoms with Crippen LogP contribution in [0.5, 0.6) is 0 Å². The fourth-order valence-corrected chi connectivity index (χ4v) is 2.33. The molecule has 0 bridgehead atoms. The Morgan fingerprint density at radius 3 is 2.86 bits per heavy atom. The van der Waals surface area contributed by atoms with Crippen molar-refractivity contribution < 1.29 is 14.0 Å². The number of aromatic nitrogens is 2. The zero-order valence-electron chi connectivity index (χ0n) is 12.0. The van der Waals surface area contributed by atoms with Crippen LogP contribution in [0, 0.1) is 0 Å². The molecular weight excluding hydrogens is 308 g/mol. The van der Waals surface area contributed by atoms with Crippen LogP contribution in [-0.2, 0) is 16.1 Å². The molecule has 22 heavy (non-hydrogen) atoms. The van der Waals surface area contributed by atoms with Gasteiger partial charge in [-0.2, -0.15) is 4.68 Å². The number of carbonyl (C=O) groups excluding carboxylic acids is 2. The Bertz CT molecular complexity index is 689. The molecule has 0 unspecified atom stereocenters. The van der Waals surface area contributed by atoms with Crippen LogP contribution in [0.3, 0.4) is 0 Å². The summed E-state index contributed by atoms with van der Waals surface area (Å²) in [6.45, 7) is 2.31. The standard InChI is InChI=1S/C13H16N4O4S/c1-2-14-11(19)8-15-10(18)5-6-17-13(20)21-12(16-17)9-4-3-7-22-9/h3-4,7H,2,5-6,8H2,1H3,(H,14,19)(H,15,18). The lowest BCUT2D eigenvalue weighted by molar-refractivity contribution is -0.126. The zero-order chi connectivity index (χ0) is 15.9. The van der Waals surface area contributed by atoms with Gasteiger partial charge in [0.1, 0.15) is 0 Å². The molecule has 2 amide bonds.